The number of halogens is 3. The predicted molar refractivity (Wildman–Crippen MR) is 105 cm³/mol. The fourth-order valence-electron chi connectivity index (χ4n) is 1.60. The SMILES string of the molecule is Cc1nc(NC(=S)NC(=O)c2cc(I)ccc2Cl)ccc1Br. The molecule has 1 amide bonds. The van der Waals surface area contributed by atoms with Crippen molar-refractivity contribution in [1.29, 1.82) is 0 Å². The lowest BCUT2D eigenvalue weighted by molar-refractivity contribution is 0.0978. The Labute approximate surface area is 160 Å². The minimum absolute atomic E-state index is 0.161. The van der Waals surface area contributed by atoms with Gasteiger partial charge in [-0.3, -0.25) is 10.1 Å². The molecule has 0 saturated carbocycles. The first-order valence-corrected chi connectivity index (χ1v) is 8.73. The van der Waals surface area contributed by atoms with Crippen molar-refractivity contribution in [1.82, 2.24) is 10.3 Å². The number of rotatable bonds is 2. The second kappa shape index (κ2) is 7.67. The van der Waals surface area contributed by atoms with Gasteiger partial charge in [-0.1, -0.05) is 11.6 Å². The highest BCUT2D eigenvalue weighted by molar-refractivity contribution is 14.1. The molecule has 0 spiro atoms. The van der Waals surface area contributed by atoms with Crippen LogP contribution in [0.2, 0.25) is 5.02 Å². The summed E-state index contributed by atoms with van der Waals surface area (Å²) in [5.41, 5.74) is 1.19. The molecule has 0 aliphatic rings. The Morgan fingerprint density at radius 2 is 2.09 bits per heavy atom. The molecule has 0 fully saturated rings. The Bertz CT molecular complexity index is 757. The first kappa shape index (κ1) is 17.6. The highest BCUT2D eigenvalue weighted by Crippen LogP contribution is 2.19. The van der Waals surface area contributed by atoms with E-state index >= 15 is 0 Å². The van der Waals surface area contributed by atoms with E-state index in [0.29, 0.717) is 16.4 Å². The summed E-state index contributed by atoms with van der Waals surface area (Å²) in [4.78, 5) is 16.5. The quantitative estimate of drug-likeness (QED) is 0.460. The van der Waals surface area contributed by atoms with Crippen LogP contribution in [0.4, 0.5) is 5.82 Å². The average molecular weight is 511 g/mol. The summed E-state index contributed by atoms with van der Waals surface area (Å²) in [5.74, 6) is 0.189. The fourth-order valence-corrected chi connectivity index (χ4v) is 2.72. The van der Waals surface area contributed by atoms with Crippen molar-refractivity contribution in [3.8, 4) is 0 Å². The zero-order chi connectivity index (χ0) is 16.3. The Morgan fingerprint density at radius 1 is 1.36 bits per heavy atom. The van der Waals surface area contributed by atoms with E-state index in [9.17, 15) is 4.79 Å². The Kier molecular flexibility index (Phi) is 6.13. The van der Waals surface area contributed by atoms with Crippen molar-refractivity contribution < 1.29 is 4.79 Å². The maximum Gasteiger partial charge on any atom is 0.258 e. The number of nitrogens with one attached hydrogen (secondary N) is 2. The van der Waals surface area contributed by atoms with Crippen molar-refractivity contribution in [2.24, 2.45) is 0 Å². The van der Waals surface area contributed by atoms with Crippen LogP contribution in [0.15, 0.2) is 34.8 Å². The maximum atomic E-state index is 12.2. The number of amides is 1. The number of thiocarbonyl (C=S) groups is 1. The number of benzene rings is 1. The molecule has 2 N–H and O–H groups in total. The van der Waals surface area contributed by atoms with E-state index in [1.54, 1.807) is 18.2 Å². The van der Waals surface area contributed by atoms with Crippen LogP contribution in [-0.2, 0) is 0 Å². The van der Waals surface area contributed by atoms with Gasteiger partial charge in [-0.05, 0) is 88.0 Å². The van der Waals surface area contributed by atoms with E-state index in [4.69, 9.17) is 23.8 Å². The van der Waals surface area contributed by atoms with Gasteiger partial charge in [0.05, 0.1) is 16.3 Å². The number of pyridine rings is 1. The van der Waals surface area contributed by atoms with Crippen molar-refractivity contribution in [3.63, 3.8) is 0 Å². The standard InChI is InChI=1S/C14H10BrClIN3OS/c1-7-10(15)3-5-12(18-7)19-14(22)20-13(21)9-6-8(17)2-4-11(9)16/h2-6H,1H3,(H2,18,19,20,21,22). The number of hydrogen-bond acceptors (Lipinski definition) is 3. The molecule has 0 aliphatic heterocycles. The van der Waals surface area contributed by atoms with Gasteiger partial charge in [0.1, 0.15) is 5.82 Å². The fraction of sp³-hybridized carbons (Fsp3) is 0.0714. The molecular formula is C14H10BrClIN3OS. The third kappa shape index (κ3) is 4.61. The molecule has 0 aliphatic carbocycles. The van der Waals surface area contributed by atoms with Gasteiger partial charge in [-0.2, -0.15) is 0 Å². The predicted octanol–water partition coefficient (Wildman–Crippen LogP) is 4.54. The van der Waals surface area contributed by atoms with Crippen LogP contribution < -0.4 is 10.6 Å². The van der Waals surface area contributed by atoms with Crippen LogP contribution >= 0.6 is 62.3 Å². The molecule has 2 rings (SSSR count). The third-order valence-corrected chi connectivity index (χ3v) is 4.71. The van der Waals surface area contributed by atoms with E-state index < -0.39 is 0 Å². The number of carbonyl (C=O) groups excluding carboxylic acids is 1. The molecule has 0 radical (unpaired) electrons. The normalized spacial score (nSPS) is 10.2. The summed E-state index contributed by atoms with van der Waals surface area (Å²) in [5, 5.41) is 5.99. The van der Waals surface area contributed by atoms with Gasteiger partial charge in [-0.25, -0.2) is 4.98 Å². The average Bonchev–Trinajstić information content (AvgIpc) is 2.45. The third-order valence-electron chi connectivity index (χ3n) is 2.66. The second-order valence-corrected chi connectivity index (χ2v) is 7.21. The second-order valence-electron chi connectivity index (χ2n) is 4.30. The highest BCUT2D eigenvalue weighted by atomic mass is 127. The number of aromatic nitrogens is 1. The van der Waals surface area contributed by atoms with Crippen LogP contribution in [0, 0.1) is 10.5 Å². The lowest BCUT2D eigenvalue weighted by Gasteiger charge is -2.10. The molecule has 1 aromatic carbocycles. The maximum absolute atomic E-state index is 12.2. The zero-order valence-electron chi connectivity index (χ0n) is 11.3. The Morgan fingerprint density at radius 3 is 2.77 bits per heavy atom. The Hall–Kier alpha value is -0.770. The zero-order valence-corrected chi connectivity index (χ0v) is 16.6. The van der Waals surface area contributed by atoms with Gasteiger partial charge >= 0.3 is 0 Å². The number of hydrogen-bond donors (Lipinski definition) is 2. The minimum atomic E-state index is -0.366. The summed E-state index contributed by atoms with van der Waals surface area (Å²) >= 11 is 16.6. The molecule has 0 saturated heterocycles. The van der Waals surface area contributed by atoms with E-state index in [1.807, 2.05) is 19.1 Å². The minimum Gasteiger partial charge on any atom is -0.317 e. The van der Waals surface area contributed by atoms with Crippen molar-refractivity contribution in [2.75, 3.05) is 5.32 Å². The van der Waals surface area contributed by atoms with E-state index in [1.165, 1.54) is 0 Å². The highest BCUT2D eigenvalue weighted by Gasteiger charge is 2.13. The van der Waals surface area contributed by atoms with Crippen molar-refractivity contribution in [2.45, 2.75) is 6.92 Å². The molecule has 1 heterocycles. The van der Waals surface area contributed by atoms with Gasteiger partial charge in [-0.15, -0.1) is 0 Å². The lowest BCUT2D eigenvalue weighted by atomic mass is 10.2. The first-order valence-electron chi connectivity index (χ1n) is 6.07. The largest absolute Gasteiger partial charge is 0.317 e. The first-order chi connectivity index (χ1) is 10.4. The number of carbonyl (C=O) groups is 1. The molecule has 0 atom stereocenters. The number of nitrogens with zero attached hydrogens (tertiary/aromatic N) is 1. The molecule has 2 aromatic rings. The smallest absolute Gasteiger partial charge is 0.258 e. The molecule has 0 unspecified atom stereocenters. The molecule has 22 heavy (non-hydrogen) atoms. The van der Waals surface area contributed by atoms with Crippen LogP contribution in [-0.4, -0.2) is 16.0 Å². The number of anilines is 1. The van der Waals surface area contributed by atoms with Gasteiger partial charge in [0.15, 0.2) is 5.11 Å². The van der Waals surface area contributed by atoms with Crippen molar-refractivity contribution in [3.05, 3.63) is 54.7 Å². The molecule has 8 heteroatoms. The molecule has 4 nitrogen and oxygen atoms in total. The summed E-state index contributed by atoms with van der Waals surface area (Å²) in [7, 11) is 0. The molecule has 114 valence electrons. The summed E-state index contributed by atoms with van der Waals surface area (Å²) < 4.78 is 1.81. The van der Waals surface area contributed by atoms with Crippen LogP contribution in [0.5, 0.6) is 0 Å². The lowest BCUT2D eigenvalue weighted by Crippen LogP contribution is -2.34. The van der Waals surface area contributed by atoms with Gasteiger partial charge in [0.25, 0.3) is 5.91 Å². The molecular weight excluding hydrogens is 501 g/mol. The monoisotopic (exact) mass is 509 g/mol. The van der Waals surface area contributed by atoms with Crippen LogP contribution in [0.3, 0.4) is 0 Å². The van der Waals surface area contributed by atoms with E-state index in [0.717, 1.165) is 13.7 Å². The van der Waals surface area contributed by atoms with Gasteiger partial charge in [0.2, 0.25) is 0 Å². The van der Waals surface area contributed by atoms with Crippen LogP contribution in [0.25, 0.3) is 0 Å². The molecule has 1 aromatic heterocycles. The molecule has 0 bridgehead atoms. The summed E-state index contributed by atoms with van der Waals surface area (Å²) in [6, 6.07) is 8.81. The van der Waals surface area contributed by atoms with Crippen molar-refractivity contribution >= 4 is 79.2 Å². The van der Waals surface area contributed by atoms with E-state index in [2.05, 4.69) is 54.1 Å². The summed E-state index contributed by atoms with van der Waals surface area (Å²) in [6.07, 6.45) is 0. The van der Waals surface area contributed by atoms with Crippen LogP contribution in [0.1, 0.15) is 16.1 Å². The van der Waals surface area contributed by atoms with E-state index in [-0.39, 0.29) is 11.0 Å². The van der Waals surface area contributed by atoms with Gasteiger partial charge < -0.3 is 5.32 Å². The topological polar surface area (TPSA) is 54.0 Å². The van der Waals surface area contributed by atoms with Gasteiger partial charge in [0, 0.05) is 8.04 Å². The summed E-state index contributed by atoms with van der Waals surface area (Å²) in [6.45, 7) is 1.86. The Balaban J connectivity index is 2.06. The number of aryl methyl sites for hydroxylation is 1.